The minimum Gasteiger partial charge on any atom is -0.296 e. The van der Waals surface area contributed by atoms with Crippen LogP contribution in [0.3, 0.4) is 0 Å². The zero-order valence-electron chi connectivity index (χ0n) is 16.8. The van der Waals surface area contributed by atoms with E-state index in [0.29, 0.717) is 24.9 Å². The Morgan fingerprint density at radius 3 is 2.65 bits per heavy atom. The number of nitrogens with zero attached hydrogens (tertiary/aromatic N) is 3. The molecule has 31 heavy (non-hydrogen) atoms. The Hall–Kier alpha value is -3.30. The number of hydrogen-bond acceptors (Lipinski definition) is 6. The second-order valence-electron chi connectivity index (χ2n) is 7.68. The number of hydrogen-bond donors (Lipinski definition) is 1. The van der Waals surface area contributed by atoms with E-state index in [0.717, 1.165) is 22.4 Å². The minimum atomic E-state index is -3.66. The molecule has 0 bridgehead atoms. The van der Waals surface area contributed by atoms with Crippen LogP contribution >= 0.6 is 0 Å². The zero-order valence-corrected chi connectivity index (χ0v) is 17.6. The van der Waals surface area contributed by atoms with Crippen molar-refractivity contribution >= 4 is 15.6 Å². The summed E-state index contributed by atoms with van der Waals surface area (Å²) in [4.78, 5) is 18.3. The first-order valence-corrected chi connectivity index (χ1v) is 11.4. The Kier molecular flexibility index (Phi) is 4.71. The third kappa shape index (κ3) is 3.55. The van der Waals surface area contributed by atoms with Gasteiger partial charge in [-0.05, 0) is 66.8 Å². The molecule has 0 spiro atoms. The maximum Gasteiger partial charge on any atom is 0.439 e. The van der Waals surface area contributed by atoms with Gasteiger partial charge < -0.3 is 0 Å². The van der Waals surface area contributed by atoms with Gasteiger partial charge in [-0.2, -0.15) is 4.31 Å². The van der Waals surface area contributed by atoms with Gasteiger partial charge in [0.25, 0.3) is 0 Å². The largest absolute Gasteiger partial charge is 0.439 e. The Morgan fingerprint density at radius 2 is 1.97 bits per heavy atom. The highest BCUT2D eigenvalue weighted by molar-refractivity contribution is 7.89. The number of aromatic amines is 1. The van der Waals surface area contributed by atoms with E-state index in [1.165, 1.54) is 12.1 Å². The van der Waals surface area contributed by atoms with E-state index < -0.39 is 15.8 Å². The lowest BCUT2D eigenvalue weighted by Gasteiger charge is -2.26. The van der Waals surface area contributed by atoms with Crippen LogP contribution in [0, 0.1) is 6.92 Å². The molecule has 5 rings (SSSR count). The second kappa shape index (κ2) is 7.44. The van der Waals surface area contributed by atoms with Gasteiger partial charge in [-0.3, -0.25) is 14.5 Å². The number of aromatic nitrogens is 3. The van der Waals surface area contributed by atoms with Crippen LogP contribution in [-0.2, 0) is 10.0 Å². The summed E-state index contributed by atoms with van der Waals surface area (Å²) >= 11 is 0. The van der Waals surface area contributed by atoms with Crippen LogP contribution in [-0.4, -0.2) is 40.4 Å². The van der Waals surface area contributed by atoms with Crippen molar-refractivity contribution < 1.29 is 12.9 Å². The quantitative estimate of drug-likeness (QED) is 0.674. The number of pyridine rings is 1. The first-order valence-electron chi connectivity index (χ1n) is 9.94. The molecule has 1 unspecified atom stereocenters. The van der Waals surface area contributed by atoms with E-state index in [9.17, 15) is 13.2 Å². The highest BCUT2D eigenvalue weighted by atomic mass is 32.2. The molecule has 1 aromatic carbocycles. The predicted octanol–water partition coefficient (Wildman–Crippen LogP) is 2.91. The van der Waals surface area contributed by atoms with Gasteiger partial charge in [0.15, 0.2) is 5.82 Å². The molecule has 1 N–H and O–H groups in total. The average Bonchev–Trinajstić information content (AvgIpc) is 3.40. The summed E-state index contributed by atoms with van der Waals surface area (Å²) in [7, 11) is -3.66. The van der Waals surface area contributed by atoms with Crippen molar-refractivity contribution in [2.75, 3.05) is 6.54 Å². The van der Waals surface area contributed by atoms with E-state index in [-0.39, 0.29) is 16.8 Å². The number of sulfonamides is 1. The normalized spacial score (nSPS) is 19.1. The van der Waals surface area contributed by atoms with Crippen molar-refractivity contribution in [2.45, 2.75) is 30.7 Å². The van der Waals surface area contributed by atoms with Crippen molar-refractivity contribution in [3.05, 3.63) is 82.1 Å². The first-order chi connectivity index (χ1) is 14.9. The molecule has 1 fully saturated rings. The van der Waals surface area contributed by atoms with Crippen molar-refractivity contribution in [1.29, 1.82) is 0 Å². The van der Waals surface area contributed by atoms with Crippen LogP contribution in [0.1, 0.15) is 24.1 Å². The molecule has 158 valence electrons. The summed E-state index contributed by atoms with van der Waals surface area (Å²) in [6.45, 7) is 2.44. The molecule has 9 heteroatoms. The second-order valence-corrected chi connectivity index (χ2v) is 9.58. The number of allylic oxidation sites excluding steroid dienone is 2. The van der Waals surface area contributed by atoms with Gasteiger partial charge in [-0.1, -0.05) is 23.4 Å². The van der Waals surface area contributed by atoms with Gasteiger partial charge in [0.2, 0.25) is 10.0 Å². The third-order valence-electron chi connectivity index (χ3n) is 5.68. The van der Waals surface area contributed by atoms with Gasteiger partial charge in [0.05, 0.1) is 10.6 Å². The summed E-state index contributed by atoms with van der Waals surface area (Å²) in [5, 5.41) is 3.62. The molecular formula is C22H20N4O4S. The predicted molar refractivity (Wildman–Crippen MR) is 115 cm³/mol. The standard InChI is InChI=1S/C22H20N4O4S/c1-14-2-8-19(23-13-14)16-5-9-20-17(12-16)10-11-26(20)31(28,29)18-6-3-15(4-7-18)21-24-22(27)30-25-21/h2-8,12-13,20H,9-11H2,1H3,(H,24,25,27). The molecule has 0 saturated carbocycles. The number of rotatable bonds is 4. The third-order valence-corrected chi connectivity index (χ3v) is 7.60. The van der Waals surface area contributed by atoms with E-state index >= 15 is 0 Å². The topological polar surface area (TPSA) is 109 Å². The molecule has 1 atom stereocenters. The Bertz CT molecular complexity index is 1350. The van der Waals surface area contributed by atoms with E-state index in [1.54, 1.807) is 16.4 Å². The molecule has 2 aromatic heterocycles. The SMILES string of the molecule is Cc1ccc(C2=CCC3C(=C2)CCN3S(=O)(=O)c2ccc(-c3noc(=O)[nH]3)cc2)nc1. The summed E-state index contributed by atoms with van der Waals surface area (Å²) in [6, 6.07) is 10.1. The fourth-order valence-electron chi connectivity index (χ4n) is 4.06. The lowest BCUT2D eigenvalue weighted by Crippen LogP contribution is -2.36. The minimum absolute atomic E-state index is 0.175. The maximum atomic E-state index is 13.3. The van der Waals surface area contributed by atoms with E-state index in [1.807, 2.05) is 25.3 Å². The van der Waals surface area contributed by atoms with Crippen LogP contribution in [0.2, 0.25) is 0 Å². The van der Waals surface area contributed by atoms with Crippen LogP contribution in [0.25, 0.3) is 17.0 Å². The average molecular weight is 436 g/mol. The lowest BCUT2D eigenvalue weighted by atomic mass is 9.94. The van der Waals surface area contributed by atoms with Crippen molar-refractivity contribution in [3.8, 4) is 11.4 Å². The molecule has 0 amide bonds. The summed E-state index contributed by atoms with van der Waals surface area (Å²) in [5.74, 6) is -0.399. The molecule has 2 aliphatic rings. The molecular weight excluding hydrogens is 416 g/mol. The molecule has 8 nitrogen and oxygen atoms in total. The summed E-state index contributed by atoms with van der Waals surface area (Å²) < 4.78 is 32.7. The molecule has 1 saturated heterocycles. The number of aryl methyl sites for hydroxylation is 1. The van der Waals surface area contributed by atoms with Gasteiger partial charge in [0, 0.05) is 24.3 Å². The highest BCUT2D eigenvalue weighted by Crippen LogP contribution is 2.37. The fourth-order valence-corrected chi connectivity index (χ4v) is 5.70. The molecule has 3 heterocycles. The summed E-state index contributed by atoms with van der Waals surface area (Å²) in [6.07, 6.45) is 7.29. The molecule has 1 aliphatic carbocycles. The Morgan fingerprint density at radius 1 is 1.16 bits per heavy atom. The van der Waals surface area contributed by atoms with E-state index in [4.69, 9.17) is 0 Å². The van der Waals surface area contributed by atoms with Crippen molar-refractivity contribution in [1.82, 2.24) is 19.4 Å². The van der Waals surface area contributed by atoms with Crippen LogP contribution in [0.15, 0.2) is 74.5 Å². The molecule has 0 radical (unpaired) electrons. The molecule has 3 aromatic rings. The lowest BCUT2D eigenvalue weighted by molar-refractivity contribution is 0.388. The van der Waals surface area contributed by atoms with Gasteiger partial charge in [-0.25, -0.2) is 13.2 Å². The fraction of sp³-hybridized carbons (Fsp3) is 0.227. The number of fused-ring (bicyclic) bond motifs is 1. The monoisotopic (exact) mass is 436 g/mol. The number of H-pyrrole nitrogens is 1. The van der Waals surface area contributed by atoms with Crippen LogP contribution < -0.4 is 5.76 Å². The highest BCUT2D eigenvalue weighted by Gasteiger charge is 2.39. The number of nitrogens with one attached hydrogen (secondary N) is 1. The smallest absolute Gasteiger partial charge is 0.296 e. The van der Waals surface area contributed by atoms with E-state index in [2.05, 4.69) is 31.8 Å². The zero-order chi connectivity index (χ0) is 21.6. The summed E-state index contributed by atoms with van der Waals surface area (Å²) in [5.41, 5.74) is 4.73. The maximum absolute atomic E-state index is 13.3. The Labute approximate surface area is 179 Å². The van der Waals surface area contributed by atoms with Crippen molar-refractivity contribution in [2.24, 2.45) is 0 Å². The van der Waals surface area contributed by atoms with Gasteiger partial charge in [0.1, 0.15) is 0 Å². The van der Waals surface area contributed by atoms with Crippen LogP contribution in [0.5, 0.6) is 0 Å². The van der Waals surface area contributed by atoms with Crippen molar-refractivity contribution in [3.63, 3.8) is 0 Å². The van der Waals surface area contributed by atoms with Gasteiger partial charge >= 0.3 is 5.76 Å². The molecule has 1 aliphatic heterocycles. The Balaban J connectivity index is 1.38. The van der Waals surface area contributed by atoms with Gasteiger partial charge in [-0.15, -0.1) is 0 Å². The first kappa shape index (κ1) is 19.7. The van der Waals surface area contributed by atoms with Crippen LogP contribution in [0.4, 0.5) is 0 Å². The number of benzene rings is 1.